The molecule has 0 spiro atoms. The zero-order valence-corrected chi connectivity index (χ0v) is 9.38. The lowest BCUT2D eigenvalue weighted by molar-refractivity contribution is -0.104. The molecule has 0 fully saturated rings. The number of carbonyl (C=O) groups is 1. The summed E-state index contributed by atoms with van der Waals surface area (Å²) in [6.07, 6.45) is 1.39. The highest BCUT2D eigenvalue weighted by Gasteiger charge is 2.25. The first-order chi connectivity index (χ1) is 6.98. The van der Waals surface area contributed by atoms with Gasteiger partial charge in [0.05, 0.1) is 0 Å². The number of halogens is 2. The summed E-state index contributed by atoms with van der Waals surface area (Å²) >= 11 is 5.74. The Hall–Kier alpha value is -1.15. The summed E-state index contributed by atoms with van der Waals surface area (Å²) in [5.74, 6) is -0.458. The number of aldehydes is 1. The molecule has 0 aliphatic carbocycles. The van der Waals surface area contributed by atoms with Crippen LogP contribution in [0.3, 0.4) is 0 Å². The fourth-order valence-electron chi connectivity index (χ4n) is 1.27. The molecule has 0 saturated carbocycles. The molecule has 0 aliphatic rings. The molecular formula is C12H12ClFO. The number of rotatable bonds is 3. The van der Waals surface area contributed by atoms with Crippen molar-refractivity contribution in [3.8, 4) is 0 Å². The van der Waals surface area contributed by atoms with Crippen molar-refractivity contribution < 1.29 is 9.18 Å². The Morgan fingerprint density at radius 3 is 2.33 bits per heavy atom. The first kappa shape index (κ1) is 11.9. The number of allylic oxidation sites excluding steroid dienone is 2. The minimum atomic E-state index is -0.800. The second-order valence-corrected chi connectivity index (χ2v) is 4.22. The monoisotopic (exact) mass is 226 g/mol. The molecule has 80 valence electrons. The van der Waals surface area contributed by atoms with E-state index in [9.17, 15) is 9.18 Å². The number of hydrogen-bond acceptors (Lipinski definition) is 1. The van der Waals surface area contributed by atoms with Crippen molar-refractivity contribution in [2.24, 2.45) is 0 Å². The van der Waals surface area contributed by atoms with E-state index in [-0.39, 0.29) is 0 Å². The maximum absolute atomic E-state index is 13.6. The fourth-order valence-corrected chi connectivity index (χ4v) is 1.40. The standard InChI is InChI=1S/C12H12ClFO/c1-12(2,11(14)7-8-15)9-3-5-10(13)6-4-9/h3-8H,1-2H3. The van der Waals surface area contributed by atoms with Crippen LogP contribution in [-0.2, 0) is 10.2 Å². The van der Waals surface area contributed by atoms with Crippen molar-refractivity contribution in [1.82, 2.24) is 0 Å². The van der Waals surface area contributed by atoms with E-state index in [0.717, 1.165) is 11.6 Å². The van der Waals surface area contributed by atoms with Crippen LogP contribution in [-0.4, -0.2) is 6.29 Å². The summed E-state index contributed by atoms with van der Waals surface area (Å²) < 4.78 is 13.6. The highest BCUT2D eigenvalue weighted by molar-refractivity contribution is 6.30. The third-order valence-electron chi connectivity index (χ3n) is 2.38. The van der Waals surface area contributed by atoms with Gasteiger partial charge in [-0.15, -0.1) is 0 Å². The van der Waals surface area contributed by atoms with E-state index in [2.05, 4.69) is 0 Å². The van der Waals surface area contributed by atoms with Crippen LogP contribution in [0.4, 0.5) is 4.39 Å². The van der Waals surface area contributed by atoms with Gasteiger partial charge in [-0.3, -0.25) is 4.79 Å². The Morgan fingerprint density at radius 1 is 1.33 bits per heavy atom. The first-order valence-electron chi connectivity index (χ1n) is 4.56. The molecule has 0 aromatic heterocycles. The lowest BCUT2D eigenvalue weighted by atomic mass is 9.83. The molecule has 1 rings (SSSR count). The lowest BCUT2D eigenvalue weighted by Crippen LogP contribution is -2.18. The van der Waals surface area contributed by atoms with Gasteiger partial charge in [0, 0.05) is 16.5 Å². The molecule has 0 radical (unpaired) electrons. The van der Waals surface area contributed by atoms with Crippen LogP contribution in [0.2, 0.25) is 5.02 Å². The van der Waals surface area contributed by atoms with Crippen molar-refractivity contribution in [2.75, 3.05) is 0 Å². The molecule has 0 N–H and O–H groups in total. The molecule has 3 heteroatoms. The third-order valence-corrected chi connectivity index (χ3v) is 2.63. The molecule has 1 aromatic carbocycles. The Morgan fingerprint density at radius 2 is 1.87 bits per heavy atom. The normalized spacial score (nSPS) is 12.7. The third kappa shape index (κ3) is 2.66. The summed E-state index contributed by atoms with van der Waals surface area (Å²) in [6.45, 7) is 3.43. The van der Waals surface area contributed by atoms with Gasteiger partial charge >= 0.3 is 0 Å². The molecule has 0 amide bonds. The summed E-state index contributed by atoms with van der Waals surface area (Å²) in [7, 11) is 0. The summed E-state index contributed by atoms with van der Waals surface area (Å²) in [6, 6.07) is 6.90. The Balaban J connectivity index is 3.10. The Kier molecular flexibility index (Phi) is 3.64. The molecule has 0 atom stereocenters. The average molecular weight is 227 g/mol. The molecule has 0 unspecified atom stereocenters. The first-order valence-corrected chi connectivity index (χ1v) is 4.94. The van der Waals surface area contributed by atoms with Crippen LogP contribution >= 0.6 is 11.6 Å². The maximum atomic E-state index is 13.6. The molecular weight excluding hydrogens is 215 g/mol. The Labute approximate surface area is 93.6 Å². The minimum Gasteiger partial charge on any atom is -0.298 e. The number of benzene rings is 1. The molecule has 0 heterocycles. The summed E-state index contributed by atoms with van der Waals surface area (Å²) in [4.78, 5) is 10.2. The van der Waals surface area contributed by atoms with Crippen LogP contribution in [0.25, 0.3) is 0 Å². The van der Waals surface area contributed by atoms with E-state index in [0.29, 0.717) is 11.3 Å². The lowest BCUT2D eigenvalue weighted by Gasteiger charge is -2.23. The van der Waals surface area contributed by atoms with E-state index in [4.69, 9.17) is 11.6 Å². The Bertz CT molecular complexity index is 379. The highest BCUT2D eigenvalue weighted by atomic mass is 35.5. The second-order valence-electron chi connectivity index (χ2n) is 3.78. The van der Waals surface area contributed by atoms with Gasteiger partial charge in [-0.2, -0.15) is 0 Å². The van der Waals surface area contributed by atoms with E-state index >= 15 is 0 Å². The molecule has 0 aliphatic heterocycles. The maximum Gasteiger partial charge on any atom is 0.145 e. The van der Waals surface area contributed by atoms with Gasteiger partial charge in [0.25, 0.3) is 0 Å². The number of hydrogen-bond donors (Lipinski definition) is 0. The van der Waals surface area contributed by atoms with E-state index in [1.165, 1.54) is 0 Å². The highest BCUT2D eigenvalue weighted by Crippen LogP contribution is 2.32. The van der Waals surface area contributed by atoms with Crippen molar-refractivity contribution in [3.05, 3.63) is 46.8 Å². The second kappa shape index (κ2) is 4.58. The quantitative estimate of drug-likeness (QED) is 0.568. The SMILES string of the molecule is CC(C)(C(F)=CC=O)c1ccc(Cl)cc1. The van der Waals surface area contributed by atoms with Crippen LogP contribution < -0.4 is 0 Å². The van der Waals surface area contributed by atoms with E-state index < -0.39 is 11.2 Å². The zero-order chi connectivity index (χ0) is 11.5. The van der Waals surface area contributed by atoms with Gasteiger partial charge in [-0.1, -0.05) is 23.7 Å². The van der Waals surface area contributed by atoms with Crippen molar-refractivity contribution in [1.29, 1.82) is 0 Å². The van der Waals surface area contributed by atoms with Crippen molar-refractivity contribution >= 4 is 17.9 Å². The van der Waals surface area contributed by atoms with Gasteiger partial charge in [0.2, 0.25) is 0 Å². The van der Waals surface area contributed by atoms with Crippen LogP contribution in [0.15, 0.2) is 36.2 Å². The predicted molar refractivity (Wildman–Crippen MR) is 59.7 cm³/mol. The smallest absolute Gasteiger partial charge is 0.145 e. The van der Waals surface area contributed by atoms with Gasteiger partial charge in [0.15, 0.2) is 0 Å². The van der Waals surface area contributed by atoms with E-state index in [1.807, 2.05) is 0 Å². The topological polar surface area (TPSA) is 17.1 Å². The van der Waals surface area contributed by atoms with E-state index in [1.54, 1.807) is 38.1 Å². The van der Waals surface area contributed by atoms with Crippen LogP contribution in [0.5, 0.6) is 0 Å². The predicted octanol–water partition coefficient (Wildman–Crippen LogP) is 3.67. The van der Waals surface area contributed by atoms with Gasteiger partial charge in [-0.05, 0) is 31.5 Å². The van der Waals surface area contributed by atoms with Crippen molar-refractivity contribution in [2.45, 2.75) is 19.3 Å². The average Bonchev–Trinajstić information content (AvgIpc) is 2.18. The van der Waals surface area contributed by atoms with Crippen molar-refractivity contribution in [3.63, 3.8) is 0 Å². The largest absolute Gasteiger partial charge is 0.298 e. The molecule has 1 aromatic rings. The summed E-state index contributed by atoms with van der Waals surface area (Å²) in [5, 5.41) is 0.606. The summed E-state index contributed by atoms with van der Waals surface area (Å²) in [5.41, 5.74) is -0.0200. The minimum absolute atomic E-state index is 0.451. The molecule has 0 bridgehead atoms. The van der Waals surface area contributed by atoms with Crippen LogP contribution in [0.1, 0.15) is 19.4 Å². The van der Waals surface area contributed by atoms with Gasteiger partial charge < -0.3 is 0 Å². The van der Waals surface area contributed by atoms with Crippen LogP contribution in [0, 0.1) is 0 Å². The molecule has 1 nitrogen and oxygen atoms in total. The van der Waals surface area contributed by atoms with Gasteiger partial charge in [0.1, 0.15) is 12.1 Å². The number of carbonyl (C=O) groups excluding carboxylic acids is 1. The molecule has 15 heavy (non-hydrogen) atoms. The van der Waals surface area contributed by atoms with Gasteiger partial charge in [-0.25, -0.2) is 4.39 Å². The molecule has 0 saturated heterocycles. The zero-order valence-electron chi connectivity index (χ0n) is 8.63. The fraction of sp³-hybridized carbons (Fsp3) is 0.250.